The Kier molecular flexibility index (Phi) is 5.13. The summed E-state index contributed by atoms with van der Waals surface area (Å²) in [5.74, 6) is -0.415. The first-order valence-corrected chi connectivity index (χ1v) is 9.96. The highest BCUT2D eigenvalue weighted by Crippen LogP contribution is 2.40. The molecule has 28 heavy (non-hydrogen) atoms. The molecule has 6 heteroatoms. The Balaban J connectivity index is 1.79. The number of nitrogens with one attached hydrogen (secondary N) is 1. The van der Waals surface area contributed by atoms with E-state index in [1.807, 2.05) is 54.7 Å². The van der Waals surface area contributed by atoms with Crippen LogP contribution in [-0.4, -0.2) is 22.2 Å². The molecular formula is C22H19BrN2O3. The molecule has 1 aliphatic carbocycles. The van der Waals surface area contributed by atoms with Crippen LogP contribution in [0.1, 0.15) is 23.5 Å². The highest BCUT2D eigenvalue weighted by atomic mass is 79.9. The van der Waals surface area contributed by atoms with E-state index in [4.69, 9.17) is 0 Å². The quantitative estimate of drug-likeness (QED) is 0.344. The second-order valence-electron chi connectivity index (χ2n) is 7.22. The molecular weight excluding hydrogens is 420 g/mol. The van der Waals surface area contributed by atoms with Gasteiger partial charge < -0.3 is 4.98 Å². The second-order valence-corrected chi connectivity index (χ2v) is 8.14. The average molecular weight is 439 g/mol. The van der Waals surface area contributed by atoms with Crippen LogP contribution in [0.15, 0.2) is 70.8 Å². The molecule has 0 fully saturated rings. The van der Waals surface area contributed by atoms with E-state index in [9.17, 15) is 14.9 Å². The van der Waals surface area contributed by atoms with Gasteiger partial charge in [0.25, 0.3) is 0 Å². The number of nitro groups is 1. The number of allylic oxidation sites excluding steroid dienone is 1. The summed E-state index contributed by atoms with van der Waals surface area (Å²) in [6.45, 7) is 0. The summed E-state index contributed by atoms with van der Waals surface area (Å²) in [6, 6.07) is 14.8. The fourth-order valence-corrected chi connectivity index (χ4v) is 4.66. The molecule has 4 rings (SSSR count). The Labute approximate surface area is 170 Å². The van der Waals surface area contributed by atoms with E-state index in [1.165, 1.54) is 0 Å². The Morgan fingerprint density at radius 3 is 2.71 bits per heavy atom. The lowest BCUT2D eigenvalue weighted by atomic mass is 9.71. The van der Waals surface area contributed by atoms with Crippen LogP contribution in [0.3, 0.4) is 0 Å². The van der Waals surface area contributed by atoms with Crippen molar-refractivity contribution in [3.05, 3.63) is 92.1 Å². The van der Waals surface area contributed by atoms with Crippen molar-refractivity contribution in [1.29, 1.82) is 0 Å². The van der Waals surface area contributed by atoms with Crippen molar-refractivity contribution >= 4 is 33.1 Å². The largest absolute Gasteiger partial charge is 0.361 e. The summed E-state index contributed by atoms with van der Waals surface area (Å²) in [5, 5.41) is 12.9. The standard InChI is InChI=1S/C22H19BrN2O3/c23-18-6-7-20-19(11-18)17(12-24-20)10-16-8-14(13-26)9-21(25(27)28)22(16)15-4-2-1-3-5-15/h1-8,11-13,16,21-22,24H,9-10H2/t16-,21+,22-/m1/s1. The van der Waals surface area contributed by atoms with E-state index in [2.05, 4.69) is 27.0 Å². The number of hydrogen-bond donors (Lipinski definition) is 1. The van der Waals surface area contributed by atoms with Gasteiger partial charge in [0.05, 0.1) is 5.92 Å². The number of halogens is 1. The van der Waals surface area contributed by atoms with Gasteiger partial charge in [-0.3, -0.25) is 14.9 Å². The van der Waals surface area contributed by atoms with E-state index >= 15 is 0 Å². The number of aromatic amines is 1. The van der Waals surface area contributed by atoms with Crippen molar-refractivity contribution in [2.75, 3.05) is 0 Å². The first-order valence-electron chi connectivity index (χ1n) is 9.16. The van der Waals surface area contributed by atoms with Crippen LogP contribution in [-0.2, 0) is 11.2 Å². The van der Waals surface area contributed by atoms with Gasteiger partial charge in [0.15, 0.2) is 0 Å². The van der Waals surface area contributed by atoms with E-state index in [-0.39, 0.29) is 23.2 Å². The molecule has 3 atom stereocenters. The third kappa shape index (κ3) is 3.52. The van der Waals surface area contributed by atoms with Gasteiger partial charge in [-0.2, -0.15) is 0 Å². The third-order valence-corrected chi connectivity index (χ3v) is 6.03. The molecule has 0 aliphatic heterocycles. The molecule has 0 bridgehead atoms. The number of aldehydes is 1. The van der Waals surface area contributed by atoms with Crippen molar-refractivity contribution in [2.24, 2.45) is 5.92 Å². The summed E-state index contributed by atoms with van der Waals surface area (Å²) in [5.41, 5.74) is 3.57. The highest BCUT2D eigenvalue weighted by molar-refractivity contribution is 9.10. The number of hydrogen-bond acceptors (Lipinski definition) is 3. The van der Waals surface area contributed by atoms with E-state index in [0.29, 0.717) is 12.0 Å². The second kappa shape index (κ2) is 7.72. The minimum absolute atomic E-state index is 0.135. The zero-order chi connectivity index (χ0) is 19.7. The third-order valence-electron chi connectivity index (χ3n) is 5.54. The topological polar surface area (TPSA) is 76.0 Å². The average Bonchev–Trinajstić information content (AvgIpc) is 3.09. The molecule has 142 valence electrons. The van der Waals surface area contributed by atoms with Crippen molar-refractivity contribution in [1.82, 2.24) is 4.98 Å². The number of aromatic nitrogens is 1. The molecule has 0 saturated carbocycles. The molecule has 1 N–H and O–H groups in total. The van der Waals surface area contributed by atoms with Crippen molar-refractivity contribution in [3.8, 4) is 0 Å². The summed E-state index contributed by atoms with van der Waals surface area (Å²) >= 11 is 3.51. The molecule has 1 aliphatic rings. The number of carbonyl (C=O) groups excluding carboxylic acids is 1. The zero-order valence-corrected chi connectivity index (χ0v) is 16.6. The minimum Gasteiger partial charge on any atom is -0.361 e. The first-order chi connectivity index (χ1) is 13.6. The van der Waals surface area contributed by atoms with Gasteiger partial charge in [0.2, 0.25) is 6.04 Å². The van der Waals surface area contributed by atoms with Gasteiger partial charge in [0, 0.05) is 32.9 Å². The fourth-order valence-electron chi connectivity index (χ4n) is 4.30. The van der Waals surface area contributed by atoms with Crippen molar-refractivity contribution < 1.29 is 9.72 Å². The predicted octanol–water partition coefficient (Wildman–Crippen LogP) is 5.05. The maximum absolute atomic E-state index is 11.9. The van der Waals surface area contributed by atoms with Crippen LogP contribution in [0.25, 0.3) is 10.9 Å². The number of fused-ring (bicyclic) bond motifs is 1. The molecule has 2 aromatic carbocycles. The lowest BCUT2D eigenvalue weighted by Gasteiger charge is -2.32. The van der Waals surface area contributed by atoms with Gasteiger partial charge >= 0.3 is 0 Å². The number of nitrogens with zero attached hydrogens (tertiary/aromatic N) is 1. The molecule has 0 saturated heterocycles. The molecule has 5 nitrogen and oxygen atoms in total. The van der Waals surface area contributed by atoms with Crippen molar-refractivity contribution in [3.63, 3.8) is 0 Å². The van der Waals surface area contributed by atoms with Crippen LogP contribution in [0, 0.1) is 16.0 Å². The predicted molar refractivity (Wildman–Crippen MR) is 112 cm³/mol. The van der Waals surface area contributed by atoms with Gasteiger partial charge in [-0.25, -0.2) is 0 Å². The van der Waals surface area contributed by atoms with Gasteiger partial charge in [0.1, 0.15) is 6.29 Å². The zero-order valence-electron chi connectivity index (χ0n) is 15.0. The first kappa shape index (κ1) is 18.6. The summed E-state index contributed by atoms with van der Waals surface area (Å²) in [7, 11) is 0. The molecule has 0 radical (unpaired) electrons. The van der Waals surface area contributed by atoms with Crippen molar-refractivity contribution in [2.45, 2.75) is 24.8 Å². The lowest BCUT2D eigenvalue weighted by molar-refractivity contribution is -0.528. The van der Waals surface area contributed by atoms with Gasteiger partial charge in [-0.15, -0.1) is 0 Å². The monoisotopic (exact) mass is 438 g/mol. The Bertz CT molecular complexity index is 1060. The van der Waals surface area contributed by atoms with E-state index < -0.39 is 6.04 Å². The van der Waals surface area contributed by atoms with Gasteiger partial charge in [-0.1, -0.05) is 52.3 Å². The van der Waals surface area contributed by atoms with E-state index in [0.717, 1.165) is 32.8 Å². The number of rotatable bonds is 5. The SMILES string of the molecule is O=CC1=C[C@H](Cc2c[nH]c3ccc(Br)cc23)[C@@H](c2ccccc2)[C@@H]([N+](=O)[O-])C1. The molecule has 0 spiro atoms. The lowest BCUT2D eigenvalue weighted by Crippen LogP contribution is -2.36. The maximum Gasteiger partial charge on any atom is 0.224 e. The number of carbonyl (C=O) groups is 1. The van der Waals surface area contributed by atoms with Crippen LogP contribution in [0.4, 0.5) is 0 Å². The summed E-state index contributed by atoms with van der Waals surface area (Å²) < 4.78 is 0.983. The fraction of sp³-hybridized carbons (Fsp3) is 0.227. The smallest absolute Gasteiger partial charge is 0.224 e. The van der Waals surface area contributed by atoms with Crippen LogP contribution in [0.2, 0.25) is 0 Å². The Hall–Kier alpha value is -2.73. The minimum atomic E-state index is -0.811. The number of benzene rings is 2. The summed E-state index contributed by atoms with van der Waals surface area (Å²) in [6.07, 6.45) is 5.45. The molecule has 0 unspecified atom stereocenters. The molecule has 3 aromatic rings. The molecule has 1 aromatic heterocycles. The molecule has 0 amide bonds. The highest BCUT2D eigenvalue weighted by Gasteiger charge is 2.41. The van der Waals surface area contributed by atoms with Gasteiger partial charge in [-0.05, 0) is 47.2 Å². The van der Waals surface area contributed by atoms with Crippen LogP contribution < -0.4 is 0 Å². The summed E-state index contributed by atoms with van der Waals surface area (Å²) in [4.78, 5) is 26.4. The van der Waals surface area contributed by atoms with E-state index in [1.54, 1.807) is 0 Å². The van der Waals surface area contributed by atoms with Crippen LogP contribution >= 0.6 is 15.9 Å². The maximum atomic E-state index is 11.9. The normalized spacial score (nSPS) is 22.0. The van der Waals surface area contributed by atoms with Crippen LogP contribution in [0.5, 0.6) is 0 Å². The number of H-pyrrole nitrogens is 1. The Morgan fingerprint density at radius 1 is 1.21 bits per heavy atom. The Morgan fingerprint density at radius 2 is 2.00 bits per heavy atom. The molecule has 1 heterocycles.